The fourth-order valence-electron chi connectivity index (χ4n) is 2.18. The lowest BCUT2D eigenvalue weighted by atomic mass is 10.3. The van der Waals surface area contributed by atoms with Gasteiger partial charge in [-0.25, -0.2) is 9.07 Å². The number of hydrogen-bond donors (Lipinski definition) is 2. The molecule has 0 fully saturated rings. The van der Waals surface area contributed by atoms with Gasteiger partial charge in [-0.3, -0.25) is 4.79 Å². The average molecular weight is 422 g/mol. The Morgan fingerprint density at radius 2 is 2.00 bits per heavy atom. The van der Waals surface area contributed by atoms with Crippen molar-refractivity contribution >= 4 is 35.0 Å². The first kappa shape index (κ1) is 20.0. The first-order valence-electron chi connectivity index (χ1n) is 8.24. The van der Waals surface area contributed by atoms with Gasteiger partial charge in [-0.2, -0.15) is 0 Å². The summed E-state index contributed by atoms with van der Waals surface area (Å²) >= 11 is 6.97. The summed E-state index contributed by atoms with van der Waals surface area (Å²) in [4.78, 5) is 12.3. The lowest BCUT2D eigenvalue weighted by Crippen LogP contribution is -2.24. The summed E-state index contributed by atoms with van der Waals surface area (Å²) in [6.45, 7) is 1.66. The summed E-state index contributed by atoms with van der Waals surface area (Å²) in [6.07, 6.45) is 0. The van der Waals surface area contributed by atoms with E-state index in [1.165, 1.54) is 16.8 Å². The molecule has 3 N–H and O–H groups in total. The molecule has 0 aliphatic rings. The van der Waals surface area contributed by atoms with E-state index in [2.05, 4.69) is 15.5 Å². The molecule has 1 amide bonds. The lowest BCUT2D eigenvalue weighted by molar-refractivity contribution is -0.115. The van der Waals surface area contributed by atoms with Crippen molar-refractivity contribution in [3.8, 4) is 5.75 Å². The topological polar surface area (TPSA) is 95.1 Å². The van der Waals surface area contributed by atoms with Crippen molar-refractivity contribution in [2.45, 2.75) is 23.9 Å². The van der Waals surface area contributed by atoms with Gasteiger partial charge in [0.25, 0.3) is 0 Å². The van der Waals surface area contributed by atoms with E-state index in [1.54, 1.807) is 43.3 Å². The largest absolute Gasteiger partial charge is 0.482 e. The number of anilines is 1. The Bertz CT molecular complexity index is 967. The molecule has 0 spiro atoms. The molecule has 28 heavy (non-hydrogen) atoms. The highest BCUT2D eigenvalue weighted by Gasteiger charge is 2.20. The Morgan fingerprint density at radius 3 is 2.71 bits per heavy atom. The maximum atomic E-state index is 13.6. The van der Waals surface area contributed by atoms with E-state index in [-0.39, 0.29) is 18.3 Å². The predicted octanol–water partition coefficient (Wildman–Crippen LogP) is 3.48. The van der Waals surface area contributed by atoms with Crippen LogP contribution in [0.25, 0.3) is 0 Å². The summed E-state index contributed by atoms with van der Waals surface area (Å²) in [5.74, 6) is 5.67. The van der Waals surface area contributed by atoms with Gasteiger partial charge in [-0.15, -0.1) is 10.2 Å². The highest BCUT2D eigenvalue weighted by Crippen LogP contribution is 2.23. The molecule has 2 aromatic carbocycles. The number of benzene rings is 2. The monoisotopic (exact) mass is 421 g/mol. The van der Waals surface area contributed by atoms with Crippen LogP contribution in [0.4, 0.5) is 10.1 Å². The van der Waals surface area contributed by atoms with Crippen LogP contribution in [-0.2, 0) is 11.4 Å². The van der Waals surface area contributed by atoms with Gasteiger partial charge in [-0.1, -0.05) is 35.5 Å². The molecular weight excluding hydrogens is 405 g/mol. The Balaban J connectivity index is 1.59. The van der Waals surface area contributed by atoms with Crippen LogP contribution in [0.2, 0.25) is 5.02 Å². The number of nitrogens with one attached hydrogen (secondary N) is 1. The lowest BCUT2D eigenvalue weighted by Gasteiger charge is -2.12. The third-order valence-corrected chi connectivity index (χ3v) is 5.00. The number of rotatable bonds is 7. The number of halogens is 2. The second-order valence-corrected chi connectivity index (χ2v) is 7.49. The Morgan fingerprint density at radius 1 is 1.29 bits per heavy atom. The van der Waals surface area contributed by atoms with Crippen molar-refractivity contribution in [3.05, 3.63) is 65.2 Å². The summed E-state index contributed by atoms with van der Waals surface area (Å²) < 4.78 is 20.2. The zero-order valence-corrected chi connectivity index (χ0v) is 16.4. The maximum absolute atomic E-state index is 13.6. The molecule has 146 valence electrons. The molecule has 3 rings (SSSR count). The zero-order valence-electron chi connectivity index (χ0n) is 14.8. The van der Waals surface area contributed by atoms with Crippen LogP contribution in [0.1, 0.15) is 12.7 Å². The van der Waals surface area contributed by atoms with Crippen LogP contribution in [0, 0.1) is 5.82 Å². The summed E-state index contributed by atoms with van der Waals surface area (Å²) in [6, 6.07) is 12.8. The van der Waals surface area contributed by atoms with Crippen LogP contribution in [-0.4, -0.2) is 26.0 Å². The number of nitrogens with two attached hydrogens (primary N) is 1. The molecule has 1 heterocycles. The van der Waals surface area contributed by atoms with Gasteiger partial charge in [0, 0.05) is 10.7 Å². The van der Waals surface area contributed by atoms with Crippen molar-refractivity contribution in [3.63, 3.8) is 0 Å². The van der Waals surface area contributed by atoms with Crippen LogP contribution < -0.4 is 15.9 Å². The normalized spacial score (nSPS) is 11.8. The molecule has 0 bridgehead atoms. The number of aromatic nitrogens is 3. The highest BCUT2D eigenvalue weighted by atomic mass is 35.5. The SMILES string of the molecule is C[C@H](Sc1nnc(COc2ccccc2F)n1N)C(=O)Nc1ccc(Cl)cc1. The second-order valence-electron chi connectivity index (χ2n) is 5.74. The number of carbonyl (C=O) groups excluding carboxylic acids is 1. The number of hydrogen-bond acceptors (Lipinski definition) is 6. The van der Waals surface area contributed by atoms with E-state index < -0.39 is 11.1 Å². The van der Waals surface area contributed by atoms with Crippen LogP contribution in [0.3, 0.4) is 0 Å². The van der Waals surface area contributed by atoms with Crippen LogP contribution in [0.5, 0.6) is 5.75 Å². The van der Waals surface area contributed by atoms with Crippen molar-refractivity contribution in [2.75, 3.05) is 11.2 Å². The van der Waals surface area contributed by atoms with Gasteiger partial charge in [0.1, 0.15) is 6.61 Å². The average Bonchev–Trinajstić information content (AvgIpc) is 3.02. The Hall–Kier alpha value is -2.78. The fraction of sp³-hybridized carbons (Fsp3) is 0.167. The number of thioether (sulfide) groups is 1. The third kappa shape index (κ3) is 4.93. The van der Waals surface area contributed by atoms with E-state index in [4.69, 9.17) is 22.2 Å². The molecule has 10 heteroatoms. The fourth-order valence-corrected chi connectivity index (χ4v) is 3.09. The summed E-state index contributed by atoms with van der Waals surface area (Å²) in [5.41, 5.74) is 0.634. The van der Waals surface area contributed by atoms with Crippen molar-refractivity contribution in [1.82, 2.24) is 14.9 Å². The molecule has 0 aliphatic carbocycles. The molecular formula is C18H17ClFN5O2S. The predicted molar refractivity (Wildman–Crippen MR) is 106 cm³/mol. The smallest absolute Gasteiger partial charge is 0.237 e. The molecule has 0 radical (unpaired) electrons. The molecule has 0 saturated carbocycles. The molecule has 0 unspecified atom stereocenters. The quantitative estimate of drug-likeness (QED) is 0.448. The van der Waals surface area contributed by atoms with E-state index >= 15 is 0 Å². The Labute approximate surface area is 170 Å². The first-order valence-corrected chi connectivity index (χ1v) is 9.49. The number of ether oxygens (including phenoxy) is 1. The van der Waals surface area contributed by atoms with Crippen molar-refractivity contribution in [1.29, 1.82) is 0 Å². The van der Waals surface area contributed by atoms with E-state index in [0.717, 1.165) is 11.8 Å². The number of para-hydroxylation sites is 1. The number of nitrogen functional groups attached to an aromatic ring is 1. The summed E-state index contributed by atoms with van der Waals surface area (Å²) in [7, 11) is 0. The minimum absolute atomic E-state index is 0.0592. The number of carbonyl (C=O) groups is 1. The molecule has 0 saturated heterocycles. The summed E-state index contributed by atoms with van der Waals surface area (Å²) in [5, 5.41) is 11.1. The van der Waals surface area contributed by atoms with E-state index in [9.17, 15) is 9.18 Å². The van der Waals surface area contributed by atoms with Gasteiger partial charge in [0.05, 0.1) is 5.25 Å². The van der Waals surface area contributed by atoms with Crippen molar-refractivity contribution in [2.24, 2.45) is 0 Å². The van der Waals surface area contributed by atoms with Crippen LogP contribution in [0.15, 0.2) is 53.7 Å². The third-order valence-electron chi connectivity index (χ3n) is 3.69. The van der Waals surface area contributed by atoms with Gasteiger partial charge < -0.3 is 15.9 Å². The first-order chi connectivity index (χ1) is 13.4. The molecule has 1 aromatic heterocycles. The molecule has 3 aromatic rings. The van der Waals surface area contributed by atoms with Gasteiger partial charge in [-0.05, 0) is 43.3 Å². The van der Waals surface area contributed by atoms with Crippen molar-refractivity contribution < 1.29 is 13.9 Å². The minimum atomic E-state index is -0.484. The van der Waals surface area contributed by atoms with Gasteiger partial charge in [0.2, 0.25) is 11.1 Å². The standard InChI is InChI=1S/C18H17ClFN5O2S/c1-11(17(26)22-13-8-6-12(19)7-9-13)28-18-24-23-16(25(18)21)10-27-15-5-3-2-4-14(15)20/h2-9,11H,10,21H2,1H3,(H,22,26)/t11-/m0/s1. The molecule has 0 aliphatic heterocycles. The van der Waals surface area contributed by atoms with Gasteiger partial charge in [0.15, 0.2) is 17.4 Å². The number of nitrogens with zero attached hydrogens (tertiary/aromatic N) is 3. The van der Waals surface area contributed by atoms with E-state index in [1.807, 2.05) is 0 Å². The minimum Gasteiger partial charge on any atom is -0.482 e. The second kappa shape index (κ2) is 8.94. The molecule has 7 nitrogen and oxygen atoms in total. The van der Waals surface area contributed by atoms with Crippen LogP contribution >= 0.6 is 23.4 Å². The Kier molecular flexibility index (Phi) is 6.37. The van der Waals surface area contributed by atoms with E-state index in [0.29, 0.717) is 21.7 Å². The highest BCUT2D eigenvalue weighted by molar-refractivity contribution is 8.00. The maximum Gasteiger partial charge on any atom is 0.237 e. The number of amides is 1. The molecule has 1 atom stereocenters. The zero-order chi connectivity index (χ0) is 20.1. The van der Waals surface area contributed by atoms with Gasteiger partial charge >= 0.3 is 0 Å².